The van der Waals surface area contributed by atoms with Crippen LogP contribution in [-0.2, 0) is 6.54 Å². The third-order valence-electron chi connectivity index (χ3n) is 4.62. The number of aryl methyl sites for hydroxylation is 1. The molecule has 1 saturated carbocycles. The van der Waals surface area contributed by atoms with Gasteiger partial charge in [-0.25, -0.2) is 4.79 Å². The van der Waals surface area contributed by atoms with Crippen LogP contribution in [0.5, 0.6) is 0 Å². The highest BCUT2D eigenvalue weighted by Gasteiger charge is 2.24. The van der Waals surface area contributed by atoms with Gasteiger partial charge in [0.25, 0.3) is 0 Å². The third kappa shape index (κ3) is 3.42. The van der Waals surface area contributed by atoms with Gasteiger partial charge in [0.2, 0.25) is 0 Å². The van der Waals surface area contributed by atoms with Crippen molar-refractivity contribution in [2.24, 2.45) is 5.92 Å². The highest BCUT2D eigenvalue weighted by molar-refractivity contribution is 5.88. The van der Waals surface area contributed by atoms with Crippen molar-refractivity contribution in [1.29, 1.82) is 0 Å². The molecule has 0 aromatic carbocycles. The molecular weight excluding hydrogens is 254 g/mol. The van der Waals surface area contributed by atoms with Gasteiger partial charge in [-0.1, -0.05) is 13.3 Å². The first-order valence-corrected chi connectivity index (χ1v) is 7.54. The highest BCUT2D eigenvalue weighted by Crippen LogP contribution is 2.29. The maximum Gasteiger partial charge on any atom is 0.339 e. The van der Waals surface area contributed by atoms with E-state index in [0.717, 1.165) is 11.7 Å². The molecule has 0 radical (unpaired) electrons. The standard InChI is InChI=1S/C16H25NO3/c1-4-12-5-7-13(8-6-12)17(3)10-14-9-15(16(18)19)11(2)20-14/h9,12-13H,4-8,10H2,1-3H3,(H,18,19). The van der Waals surface area contributed by atoms with Gasteiger partial charge in [-0.05, 0) is 51.6 Å². The molecule has 4 heteroatoms. The van der Waals surface area contributed by atoms with E-state index in [0.29, 0.717) is 18.3 Å². The molecule has 4 nitrogen and oxygen atoms in total. The van der Waals surface area contributed by atoms with E-state index in [2.05, 4.69) is 18.9 Å². The molecule has 2 rings (SSSR count). The van der Waals surface area contributed by atoms with Crippen LogP contribution in [0.25, 0.3) is 0 Å². The molecule has 1 aromatic rings. The number of hydrogen-bond acceptors (Lipinski definition) is 3. The maximum atomic E-state index is 11.0. The minimum absolute atomic E-state index is 0.281. The van der Waals surface area contributed by atoms with Crippen LogP contribution in [-0.4, -0.2) is 29.1 Å². The predicted molar refractivity (Wildman–Crippen MR) is 77.9 cm³/mol. The Bertz CT molecular complexity index is 458. The van der Waals surface area contributed by atoms with Gasteiger partial charge in [-0.2, -0.15) is 0 Å². The summed E-state index contributed by atoms with van der Waals surface area (Å²) in [5, 5.41) is 9.04. The first-order chi connectivity index (χ1) is 9.51. The topological polar surface area (TPSA) is 53.7 Å². The Morgan fingerprint density at radius 2 is 2.05 bits per heavy atom. The fourth-order valence-electron chi connectivity index (χ4n) is 3.20. The third-order valence-corrected chi connectivity index (χ3v) is 4.62. The van der Waals surface area contributed by atoms with Gasteiger partial charge in [0, 0.05) is 6.04 Å². The fraction of sp³-hybridized carbons (Fsp3) is 0.688. The molecule has 1 N–H and O–H groups in total. The largest absolute Gasteiger partial charge is 0.478 e. The predicted octanol–water partition coefficient (Wildman–Crippen LogP) is 3.69. The Labute approximate surface area is 120 Å². The Kier molecular flexibility index (Phi) is 4.86. The molecule has 0 aliphatic heterocycles. The van der Waals surface area contributed by atoms with Gasteiger partial charge in [0.05, 0.1) is 6.54 Å². The number of carboxylic acids is 1. The maximum absolute atomic E-state index is 11.0. The lowest BCUT2D eigenvalue weighted by molar-refractivity contribution is 0.0695. The fourth-order valence-corrected chi connectivity index (χ4v) is 3.20. The molecule has 0 atom stereocenters. The van der Waals surface area contributed by atoms with E-state index in [1.165, 1.54) is 32.1 Å². The van der Waals surface area contributed by atoms with Crippen LogP contribution in [0.1, 0.15) is 60.9 Å². The summed E-state index contributed by atoms with van der Waals surface area (Å²) in [6.07, 6.45) is 6.38. The minimum atomic E-state index is -0.913. The van der Waals surface area contributed by atoms with Crippen LogP contribution in [0.3, 0.4) is 0 Å². The first-order valence-electron chi connectivity index (χ1n) is 7.54. The summed E-state index contributed by atoms with van der Waals surface area (Å²) in [6, 6.07) is 2.25. The lowest BCUT2D eigenvalue weighted by Crippen LogP contribution is -2.34. The minimum Gasteiger partial charge on any atom is -0.478 e. The highest BCUT2D eigenvalue weighted by atomic mass is 16.4. The zero-order valence-electron chi connectivity index (χ0n) is 12.7. The second-order valence-corrected chi connectivity index (χ2v) is 5.99. The number of nitrogens with zero attached hydrogens (tertiary/aromatic N) is 1. The molecule has 1 aliphatic carbocycles. The summed E-state index contributed by atoms with van der Waals surface area (Å²) < 4.78 is 5.56. The van der Waals surface area contributed by atoms with Gasteiger partial charge in [-0.3, -0.25) is 4.90 Å². The van der Waals surface area contributed by atoms with Crippen LogP contribution in [0.15, 0.2) is 10.5 Å². The molecule has 0 spiro atoms. The Balaban J connectivity index is 1.93. The Hall–Kier alpha value is -1.29. The normalized spacial score (nSPS) is 23.2. The molecule has 0 amide bonds. The van der Waals surface area contributed by atoms with Gasteiger partial charge in [-0.15, -0.1) is 0 Å². The van der Waals surface area contributed by atoms with E-state index in [4.69, 9.17) is 9.52 Å². The molecule has 1 aliphatic rings. The molecule has 20 heavy (non-hydrogen) atoms. The van der Waals surface area contributed by atoms with Crippen LogP contribution < -0.4 is 0 Å². The molecule has 0 bridgehead atoms. The summed E-state index contributed by atoms with van der Waals surface area (Å²) in [4.78, 5) is 13.3. The number of carbonyl (C=O) groups is 1. The monoisotopic (exact) mass is 279 g/mol. The van der Waals surface area contributed by atoms with E-state index < -0.39 is 5.97 Å². The van der Waals surface area contributed by atoms with Gasteiger partial charge in [0.1, 0.15) is 17.1 Å². The van der Waals surface area contributed by atoms with Crippen molar-refractivity contribution >= 4 is 5.97 Å². The van der Waals surface area contributed by atoms with Crippen LogP contribution in [0.4, 0.5) is 0 Å². The van der Waals surface area contributed by atoms with E-state index in [1.807, 2.05) is 0 Å². The second-order valence-electron chi connectivity index (χ2n) is 5.99. The van der Waals surface area contributed by atoms with Gasteiger partial charge >= 0.3 is 5.97 Å². The van der Waals surface area contributed by atoms with Crippen molar-refractivity contribution in [3.63, 3.8) is 0 Å². The Morgan fingerprint density at radius 1 is 1.40 bits per heavy atom. The van der Waals surface area contributed by atoms with Gasteiger partial charge < -0.3 is 9.52 Å². The first kappa shape index (κ1) is 15.1. The number of carboxylic acid groups (broad SMARTS) is 1. The van der Waals surface area contributed by atoms with E-state index in [-0.39, 0.29) is 5.56 Å². The second kappa shape index (κ2) is 6.44. The van der Waals surface area contributed by atoms with Crippen molar-refractivity contribution in [2.45, 2.75) is 58.5 Å². The van der Waals surface area contributed by atoms with Crippen LogP contribution in [0.2, 0.25) is 0 Å². The lowest BCUT2D eigenvalue weighted by atomic mass is 9.84. The van der Waals surface area contributed by atoms with Crippen molar-refractivity contribution in [1.82, 2.24) is 4.90 Å². The SMILES string of the molecule is CCC1CCC(N(C)Cc2cc(C(=O)O)c(C)o2)CC1. The summed E-state index contributed by atoms with van der Waals surface area (Å²) in [6.45, 7) is 4.67. The van der Waals surface area contributed by atoms with Crippen molar-refractivity contribution < 1.29 is 14.3 Å². The summed E-state index contributed by atoms with van der Waals surface area (Å²) in [5.41, 5.74) is 0.281. The number of aromatic carboxylic acids is 1. The van der Waals surface area contributed by atoms with Crippen molar-refractivity contribution in [2.75, 3.05) is 7.05 Å². The van der Waals surface area contributed by atoms with Crippen molar-refractivity contribution in [3.8, 4) is 0 Å². The van der Waals surface area contributed by atoms with E-state index in [1.54, 1.807) is 13.0 Å². The molecule has 112 valence electrons. The van der Waals surface area contributed by atoms with Crippen molar-refractivity contribution in [3.05, 3.63) is 23.2 Å². The zero-order chi connectivity index (χ0) is 14.7. The average molecular weight is 279 g/mol. The van der Waals surface area contributed by atoms with Crippen LogP contribution >= 0.6 is 0 Å². The average Bonchev–Trinajstić information content (AvgIpc) is 2.79. The number of hydrogen-bond donors (Lipinski definition) is 1. The molecule has 1 fully saturated rings. The number of furan rings is 1. The molecule has 0 saturated heterocycles. The Morgan fingerprint density at radius 3 is 2.55 bits per heavy atom. The smallest absolute Gasteiger partial charge is 0.339 e. The molecule has 0 unspecified atom stereocenters. The summed E-state index contributed by atoms with van der Waals surface area (Å²) in [7, 11) is 2.11. The van der Waals surface area contributed by atoms with E-state index >= 15 is 0 Å². The lowest BCUT2D eigenvalue weighted by Gasteiger charge is -2.34. The van der Waals surface area contributed by atoms with Crippen LogP contribution in [0, 0.1) is 12.8 Å². The quantitative estimate of drug-likeness (QED) is 0.893. The molecule has 1 aromatic heterocycles. The molecule has 1 heterocycles. The van der Waals surface area contributed by atoms with Gasteiger partial charge in [0.15, 0.2) is 0 Å². The number of rotatable bonds is 5. The zero-order valence-corrected chi connectivity index (χ0v) is 12.7. The molecular formula is C16H25NO3. The summed E-state index contributed by atoms with van der Waals surface area (Å²) in [5.74, 6) is 1.23. The summed E-state index contributed by atoms with van der Waals surface area (Å²) >= 11 is 0. The van der Waals surface area contributed by atoms with E-state index in [9.17, 15) is 4.79 Å².